The first-order valence-electron chi connectivity index (χ1n) is 7.26. The lowest BCUT2D eigenvalue weighted by molar-refractivity contribution is -0.0570. The summed E-state index contributed by atoms with van der Waals surface area (Å²) in [7, 11) is -5.59. The second kappa shape index (κ2) is 5.89. The first-order valence-corrected chi connectivity index (χ1v) is 8.67. The Balaban J connectivity index is 1.79. The monoisotopic (exact) mass is 360 g/mol. The Morgan fingerprint density at radius 1 is 1.25 bits per heavy atom. The van der Waals surface area contributed by atoms with E-state index >= 15 is 0 Å². The van der Waals surface area contributed by atoms with Crippen LogP contribution in [0.15, 0.2) is 30.3 Å². The molecule has 0 saturated carbocycles. The molecule has 5 nitrogen and oxygen atoms in total. The van der Waals surface area contributed by atoms with E-state index in [2.05, 4.69) is 9.28 Å². The van der Waals surface area contributed by atoms with Gasteiger partial charge in [0.05, 0.1) is 18.3 Å². The quantitative estimate of drug-likeness (QED) is 0.621. The summed E-state index contributed by atoms with van der Waals surface area (Å²) in [6.45, 7) is 2.22. The lowest BCUT2D eigenvalue weighted by Gasteiger charge is -2.14. The van der Waals surface area contributed by atoms with Gasteiger partial charge in [-0.1, -0.05) is 30.3 Å². The van der Waals surface area contributed by atoms with Crippen molar-refractivity contribution in [2.45, 2.75) is 37.9 Å². The van der Waals surface area contributed by atoms with Crippen LogP contribution in [0.2, 0.25) is 0 Å². The van der Waals surface area contributed by atoms with Crippen molar-refractivity contribution in [3.63, 3.8) is 0 Å². The number of rotatable bonds is 4. The van der Waals surface area contributed by atoms with Crippen LogP contribution < -0.4 is 0 Å². The Morgan fingerprint density at radius 3 is 2.54 bits per heavy atom. The van der Waals surface area contributed by atoms with E-state index < -0.39 is 21.7 Å². The third kappa shape index (κ3) is 3.18. The number of aryl methyl sites for hydroxylation is 1. The molecular weight excluding hydrogens is 345 g/mol. The number of hydrogen-bond acceptors (Lipinski definition) is 4. The van der Waals surface area contributed by atoms with Gasteiger partial charge in [-0.3, -0.25) is 8.86 Å². The Kier molecular flexibility index (Phi) is 4.16. The molecule has 1 heterocycles. The van der Waals surface area contributed by atoms with E-state index in [1.165, 1.54) is 0 Å². The van der Waals surface area contributed by atoms with Crippen LogP contribution in [0.5, 0.6) is 0 Å². The normalized spacial score (nSPS) is 17.9. The highest BCUT2D eigenvalue weighted by molar-refractivity contribution is 7.87. The van der Waals surface area contributed by atoms with Gasteiger partial charge in [0.1, 0.15) is 0 Å². The summed E-state index contributed by atoms with van der Waals surface area (Å²) in [6.07, 6.45) is -0.866. The number of nitrogens with zero attached hydrogens (tertiary/aromatic N) is 2. The zero-order chi connectivity index (χ0) is 17.5. The van der Waals surface area contributed by atoms with Crippen LogP contribution in [-0.2, 0) is 33.7 Å². The molecule has 0 spiro atoms. The minimum atomic E-state index is -5.59. The molecule has 3 rings (SSSR count). The number of hydrogen-bond donors (Lipinski definition) is 0. The summed E-state index contributed by atoms with van der Waals surface area (Å²) in [5.74, 6) is 0. The minimum Gasteiger partial charge on any atom is -0.265 e. The van der Waals surface area contributed by atoms with E-state index in [1.807, 2.05) is 30.3 Å². The summed E-state index contributed by atoms with van der Waals surface area (Å²) in [5.41, 5.74) is -2.26. The van der Waals surface area contributed by atoms with Crippen molar-refractivity contribution in [2.75, 3.05) is 0 Å². The van der Waals surface area contributed by atoms with E-state index in [0.29, 0.717) is 12.2 Å². The molecule has 0 aliphatic heterocycles. The zero-order valence-corrected chi connectivity index (χ0v) is 13.6. The Labute approximate surface area is 137 Å². The van der Waals surface area contributed by atoms with Gasteiger partial charge in [-0.05, 0) is 18.1 Å². The molecule has 0 bridgehead atoms. The van der Waals surface area contributed by atoms with Gasteiger partial charge >= 0.3 is 15.6 Å². The number of alkyl halides is 3. The van der Waals surface area contributed by atoms with Crippen LogP contribution in [0, 0.1) is 6.92 Å². The van der Waals surface area contributed by atoms with E-state index in [-0.39, 0.29) is 12.8 Å². The van der Waals surface area contributed by atoms with E-state index in [9.17, 15) is 21.6 Å². The van der Waals surface area contributed by atoms with Crippen LogP contribution in [0.1, 0.15) is 22.5 Å². The Hall–Kier alpha value is -1.87. The topological polar surface area (TPSA) is 61.2 Å². The number of aromatic nitrogens is 2. The van der Waals surface area contributed by atoms with Crippen LogP contribution in [0.3, 0.4) is 0 Å². The van der Waals surface area contributed by atoms with Gasteiger partial charge in [0.2, 0.25) is 0 Å². The predicted octanol–water partition coefficient (Wildman–Crippen LogP) is 2.57. The van der Waals surface area contributed by atoms with Gasteiger partial charge < -0.3 is 0 Å². The molecule has 1 aliphatic rings. The fraction of sp³-hybridized carbons (Fsp3) is 0.400. The fourth-order valence-corrected chi connectivity index (χ4v) is 3.47. The third-order valence-electron chi connectivity index (χ3n) is 3.94. The van der Waals surface area contributed by atoms with Crippen molar-refractivity contribution in [1.82, 2.24) is 9.78 Å². The largest absolute Gasteiger partial charge is 0.523 e. The van der Waals surface area contributed by atoms with Crippen molar-refractivity contribution >= 4 is 10.1 Å². The van der Waals surface area contributed by atoms with Crippen LogP contribution in [-0.4, -0.2) is 29.8 Å². The number of fused-ring (bicyclic) bond motifs is 1. The van der Waals surface area contributed by atoms with Gasteiger partial charge in [-0.25, -0.2) is 0 Å². The summed E-state index contributed by atoms with van der Waals surface area (Å²) in [5, 5.41) is 4.40. The average molecular weight is 360 g/mol. The van der Waals surface area contributed by atoms with Crippen molar-refractivity contribution in [3.05, 3.63) is 52.8 Å². The van der Waals surface area contributed by atoms with E-state index in [1.54, 1.807) is 11.6 Å². The van der Waals surface area contributed by atoms with Crippen molar-refractivity contribution in [3.8, 4) is 0 Å². The van der Waals surface area contributed by atoms with Crippen LogP contribution in [0.25, 0.3) is 0 Å². The maximum atomic E-state index is 12.5. The average Bonchev–Trinajstić information content (AvgIpc) is 3.00. The molecule has 1 aromatic heterocycles. The molecule has 9 heteroatoms. The highest BCUT2D eigenvalue weighted by atomic mass is 32.2. The van der Waals surface area contributed by atoms with Gasteiger partial charge in [-0.2, -0.15) is 26.7 Å². The van der Waals surface area contributed by atoms with Crippen LogP contribution >= 0.6 is 0 Å². The van der Waals surface area contributed by atoms with Gasteiger partial charge in [0.25, 0.3) is 0 Å². The highest BCUT2D eigenvalue weighted by Gasteiger charge is 2.49. The van der Waals surface area contributed by atoms with E-state index in [0.717, 1.165) is 16.8 Å². The third-order valence-corrected chi connectivity index (χ3v) is 5.03. The lowest BCUT2D eigenvalue weighted by Crippen LogP contribution is -2.30. The molecule has 1 atom stereocenters. The summed E-state index contributed by atoms with van der Waals surface area (Å²) >= 11 is 0. The molecule has 24 heavy (non-hydrogen) atoms. The molecule has 1 aliphatic carbocycles. The standard InChI is InChI=1S/C15H15F3N2O3S/c1-10-13-7-12(23-24(21,22)15(16,17)18)8-14(13)20(19-10)9-11-5-3-2-4-6-11/h2-6,12H,7-9H2,1H3. The molecule has 2 aromatic rings. The molecule has 1 aromatic carbocycles. The molecule has 0 radical (unpaired) electrons. The fourth-order valence-electron chi connectivity index (χ4n) is 2.86. The van der Waals surface area contributed by atoms with Crippen molar-refractivity contribution in [1.29, 1.82) is 0 Å². The first kappa shape index (κ1) is 17.0. The smallest absolute Gasteiger partial charge is 0.265 e. The van der Waals surface area contributed by atoms with Gasteiger partial charge in [-0.15, -0.1) is 0 Å². The summed E-state index contributed by atoms with van der Waals surface area (Å²) < 4.78 is 65.8. The van der Waals surface area contributed by atoms with Crippen molar-refractivity contribution < 1.29 is 25.8 Å². The molecule has 1 unspecified atom stereocenters. The maximum Gasteiger partial charge on any atom is 0.523 e. The molecular formula is C15H15F3N2O3S. The Bertz CT molecular complexity index is 845. The minimum absolute atomic E-state index is 0.0817. The number of benzene rings is 1. The molecule has 130 valence electrons. The van der Waals surface area contributed by atoms with Gasteiger partial charge in [0.15, 0.2) is 0 Å². The SMILES string of the molecule is Cc1nn(Cc2ccccc2)c2c1CC(OS(=O)(=O)C(F)(F)F)C2. The Morgan fingerprint density at radius 2 is 1.92 bits per heavy atom. The summed E-state index contributed by atoms with van der Waals surface area (Å²) in [4.78, 5) is 0. The zero-order valence-electron chi connectivity index (χ0n) is 12.7. The first-order chi connectivity index (χ1) is 11.2. The lowest BCUT2D eigenvalue weighted by atomic mass is 10.2. The van der Waals surface area contributed by atoms with Crippen LogP contribution in [0.4, 0.5) is 13.2 Å². The van der Waals surface area contributed by atoms with E-state index in [4.69, 9.17) is 0 Å². The molecule has 0 fully saturated rings. The summed E-state index contributed by atoms with van der Waals surface area (Å²) in [6, 6.07) is 9.48. The predicted molar refractivity (Wildman–Crippen MR) is 79.8 cm³/mol. The van der Waals surface area contributed by atoms with Crippen molar-refractivity contribution in [2.24, 2.45) is 0 Å². The number of halogens is 3. The molecule has 0 N–H and O–H groups in total. The maximum absolute atomic E-state index is 12.5. The molecule has 0 amide bonds. The second-order valence-electron chi connectivity index (χ2n) is 5.68. The second-order valence-corrected chi connectivity index (χ2v) is 7.24. The van der Waals surface area contributed by atoms with Gasteiger partial charge in [0, 0.05) is 18.5 Å². The highest BCUT2D eigenvalue weighted by Crippen LogP contribution is 2.32. The molecule has 0 saturated heterocycles.